The average molecular weight is 661 g/mol. The second-order valence-corrected chi connectivity index (χ2v) is 17.0. The third-order valence-electron chi connectivity index (χ3n) is 12.8. The van der Waals surface area contributed by atoms with Crippen molar-refractivity contribution in [3.05, 3.63) is 11.3 Å². The van der Waals surface area contributed by atoms with Crippen LogP contribution < -0.4 is 0 Å². The van der Waals surface area contributed by atoms with E-state index in [1.807, 2.05) is 0 Å². The van der Waals surface area contributed by atoms with Crippen LogP contribution in [0.15, 0.2) is 11.3 Å². The van der Waals surface area contributed by atoms with E-state index in [1.165, 1.54) is 19.3 Å². The van der Waals surface area contributed by atoms with Crippen LogP contribution in [0.3, 0.4) is 0 Å². The van der Waals surface area contributed by atoms with Gasteiger partial charge in [0.2, 0.25) is 6.29 Å². The van der Waals surface area contributed by atoms with Gasteiger partial charge < -0.3 is 44.8 Å². The number of rotatable bonds is 10. The molecule has 0 amide bonds. The Hall–Kier alpha value is -0.590. The van der Waals surface area contributed by atoms with E-state index in [2.05, 4.69) is 34.6 Å². The average Bonchev–Trinajstić information content (AvgIpc) is 3.32. The highest BCUT2D eigenvalue weighted by Gasteiger charge is 2.63. The predicted octanol–water partition coefficient (Wildman–Crippen LogP) is 3.62. The largest absolute Gasteiger partial charge is 0.469 e. The minimum Gasteiger partial charge on any atom is -0.464 e. The Morgan fingerprint density at radius 1 is 0.933 bits per heavy atom. The number of aliphatic hydroxyl groups excluding tert-OH is 5. The molecule has 5 aliphatic rings. The van der Waals surface area contributed by atoms with E-state index in [0.29, 0.717) is 36.2 Å². The minimum absolute atomic E-state index is 0.0439. The van der Waals surface area contributed by atoms with Crippen LogP contribution in [0.1, 0.15) is 98.8 Å². The Balaban J connectivity index is 1.49. The molecule has 0 spiro atoms. The quantitative estimate of drug-likeness (QED) is 0.170. The summed E-state index contributed by atoms with van der Waals surface area (Å²) in [5, 5.41) is 53.7. The molecule has 7 N–H and O–H groups in total. The molecule has 0 bridgehead atoms. The normalized spacial score (nSPS) is 46.0. The molecule has 4 aliphatic carbocycles. The first-order chi connectivity index (χ1) is 21.0. The molecular weight excluding hydrogens is 603 g/mol. The number of hydrogen-bond donors (Lipinski definition) is 7. The van der Waals surface area contributed by atoms with E-state index in [1.54, 1.807) is 0 Å². The highest BCUT2D eigenvalue weighted by Crippen LogP contribution is 2.68. The van der Waals surface area contributed by atoms with Gasteiger partial charge in [-0.25, -0.2) is 4.57 Å². The Kier molecular flexibility index (Phi) is 10.6. The predicted molar refractivity (Wildman–Crippen MR) is 165 cm³/mol. The van der Waals surface area contributed by atoms with Crippen molar-refractivity contribution in [3.8, 4) is 0 Å². The van der Waals surface area contributed by atoms with Crippen molar-refractivity contribution < 1.29 is 53.9 Å². The molecular formula is C33H57O11P. The van der Waals surface area contributed by atoms with Crippen LogP contribution in [0.5, 0.6) is 0 Å². The monoisotopic (exact) mass is 660 g/mol. The first-order valence-corrected chi connectivity index (χ1v) is 18.7. The Morgan fingerprint density at radius 2 is 1.64 bits per heavy atom. The molecule has 1 saturated heterocycles. The molecule has 45 heavy (non-hydrogen) atoms. The van der Waals surface area contributed by atoms with Gasteiger partial charge in [-0.3, -0.25) is 4.52 Å². The SMILES string of the molecule is CC(C)CCC[C@@H](C)[C@H]1CCC2C3C(O)C(O[C@H]4O[C@H](CO)[C@H](O)[C@H](O)[C@@H]4O)=C4CC(OP(=O)(O)O)CC[C@]4(C)C3CC[C@@]21C. The summed E-state index contributed by atoms with van der Waals surface area (Å²) in [5.74, 6) is 2.21. The first kappa shape index (κ1) is 35.7. The molecule has 11 nitrogen and oxygen atoms in total. The summed E-state index contributed by atoms with van der Waals surface area (Å²) in [6.07, 6.45) is -0.519. The summed E-state index contributed by atoms with van der Waals surface area (Å²) in [4.78, 5) is 19.2. The van der Waals surface area contributed by atoms with Gasteiger partial charge in [0.05, 0.1) is 12.7 Å². The van der Waals surface area contributed by atoms with E-state index in [0.717, 1.165) is 25.7 Å². The fourth-order valence-corrected chi connectivity index (χ4v) is 11.0. The standard InChI is InChI=1S/C33H57O11P/c1-17(2)7-6-8-18(3)20-9-10-21-25-22(12-14-32(20,21)4)33(5)13-11-19(44-45(39,40)41)15-23(33)30(27(25)36)43-31-29(38)28(37)26(35)24(16-34)42-31/h17-22,24-29,31,34-38H,6-16H2,1-5H3,(H2,39,40,41)/t18-,19?,20-,21?,22?,24-,25?,26+,27?,28+,29+,31-,32-,33-/m1/s1. The van der Waals surface area contributed by atoms with E-state index in [4.69, 9.17) is 14.0 Å². The molecule has 0 aromatic heterocycles. The second-order valence-electron chi connectivity index (χ2n) is 15.8. The number of hydrogen-bond acceptors (Lipinski definition) is 9. The van der Waals surface area contributed by atoms with Crippen LogP contribution in [0.2, 0.25) is 0 Å². The lowest BCUT2D eigenvalue weighted by atomic mass is 9.46. The molecule has 3 saturated carbocycles. The minimum atomic E-state index is -4.77. The summed E-state index contributed by atoms with van der Waals surface area (Å²) < 4.78 is 29.0. The summed E-state index contributed by atoms with van der Waals surface area (Å²) in [7, 11) is -4.77. The van der Waals surface area contributed by atoms with Gasteiger partial charge in [-0.1, -0.05) is 53.9 Å². The number of phosphoric ester groups is 1. The molecule has 0 aromatic rings. The molecule has 5 unspecified atom stereocenters. The van der Waals surface area contributed by atoms with Crippen molar-refractivity contribution in [2.75, 3.05) is 6.61 Å². The fourth-order valence-electron chi connectivity index (χ4n) is 10.4. The Morgan fingerprint density at radius 3 is 2.29 bits per heavy atom. The van der Waals surface area contributed by atoms with E-state index in [9.17, 15) is 39.9 Å². The third-order valence-corrected chi connectivity index (χ3v) is 13.3. The van der Waals surface area contributed by atoms with Crippen molar-refractivity contribution in [1.29, 1.82) is 0 Å². The van der Waals surface area contributed by atoms with Gasteiger partial charge >= 0.3 is 7.82 Å². The third kappa shape index (κ3) is 6.70. The van der Waals surface area contributed by atoms with Crippen molar-refractivity contribution >= 4 is 7.82 Å². The van der Waals surface area contributed by atoms with Crippen LogP contribution in [0, 0.1) is 46.3 Å². The van der Waals surface area contributed by atoms with E-state index in [-0.39, 0.29) is 35.3 Å². The topological polar surface area (TPSA) is 186 Å². The highest BCUT2D eigenvalue weighted by atomic mass is 31.2. The lowest BCUT2D eigenvalue weighted by molar-refractivity contribution is -0.297. The van der Waals surface area contributed by atoms with Crippen molar-refractivity contribution in [1.82, 2.24) is 0 Å². The lowest BCUT2D eigenvalue weighted by Gasteiger charge is -2.60. The zero-order chi connectivity index (χ0) is 33.1. The lowest BCUT2D eigenvalue weighted by Crippen LogP contribution is -2.60. The maximum atomic E-state index is 12.3. The molecule has 0 radical (unpaired) electrons. The van der Waals surface area contributed by atoms with Gasteiger partial charge in [-0.2, -0.15) is 0 Å². The second kappa shape index (κ2) is 13.4. The number of ether oxygens (including phenoxy) is 2. The van der Waals surface area contributed by atoms with Crippen LogP contribution in [-0.2, 0) is 18.6 Å². The molecule has 12 heteroatoms. The van der Waals surface area contributed by atoms with Gasteiger partial charge in [-0.05, 0) is 96.9 Å². The summed E-state index contributed by atoms with van der Waals surface area (Å²) in [6, 6.07) is 0. The van der Waals surface area contributed by atoms with Gasteiger partial charge in [0.15, 0.2) is 0 Å². The zero-order valence-corrected chi connectivity index (χ0v) is 28.4. The maximum absolute atomic E-state index is 12.3. The van der Waals surface area contributed by atoms with Crippen LogP contribution in [0.25, 0.3) is 0 Å². The number of aliphatic hydroxyl groups is 5. The summed E-state index contributed by atoms with van der Waals surface area (Å²) >= 11 is 0. The highest BCUT2D eigenvalue weighted by molar-refractivity contribution is 7.46. The van der Waals surface area contributed by atoms with E-state index < -0.39 is 62.8 Å². The molecule has 1 aliphatic heterocycles. The van der Waals surface area contributed by atoms with Gasteiger partial charge in [-0.15, -0.1) is 0 Å². The summed E-state index contributed by atoms with van der Waals surface area (Å²) in [5.41, 5.74) is 0.283. The van der Waals surface area contributed by atoms with Gasteiger partial charge in [0, 0.05) is 0 Å². The molecule has 5 rings (SSSR count). The van der Waals surface area contributed by atoms with Gasteiger partial charge in [0.25, 0.3) is 0 Å². The fraction of sp³-hybridized carbons (Fsp3) is 0.939. The summed E-state index contributed by atoms with van der Waals surface area (Å²) in [6.45, 7) is 10.9. The molecule has 4 fully saturated rings. The van der Waals surface area contributed by atoms with Crippen LogP contribution in [-0.4, -0.2) is 84.8 Å². The smallest absolute Gasteiger partial charge is 0.464 e. The van der Waals surface area contributed by atoms with Gasteiger partial charge in [0.1, 0.15) is 36.3 Å². The molecule has 260 valence electrons. The number of phosphoric acid groups is 1. The molecule has 0 aromatic carbocycles. The molecule has 1 heterocycles. The van der Waals surface area contributed by atoms with E-state index >= 15 is 0 Å². The van der Waals surface area contributed by atoms with Crippen molar-refractivity contribution in [2.24, 2.45) is 46.3 Å². The Labute approximate surface area is 267 Å². The number of fused-ring (bicyclic) bond motifs is 5. The van der Waals surface area contributed by atoms with Crippen LogP contribution in [0.4, 0.5) is 0 Å². The zero-order valence-electron chi connectivity index (χ0n) is 27.5. The van der Waals surface area contributed by atoms with Crippen molar-refractivity contribution in [3.63, 3.8) is 0 Å². The molecule has 14 atom stereocenters. The van der Waals surface area contributed by atoms with Crippen LogP contribution >= 0.6 is 7.82 Å². The Bertz CT molecular complexity index is 1120. The van der Waals surface area contributed by atoms with Crippen molar-refractivity contribution in [2.45, 2.75) is 142 Å². The maximum Gasteiger partial charge on any atom is 0.469 e. The first-order valence-electron chi connectivity index (χ1n) is 17.1.